The standard InChI is InChI=1S/C21H24N2O3/c1-14-19(20-17(24)9-4-10-18(20)26-14)21(25)22-11-13-23-12-5-7-15-6-2-3-8-16(15)23/h2-3,6,8H,4-5,7,9-13H2,1H3,(H,22,25). The number of benzene rings is 1. The Morgan fingerprint density at radius 2 is 2.04 bits per heavy atom. The number of nitrogens with one attached hydrogen (secondary N) is 1. The number of amides is 1. The molecule has 1 N–H and O–H groups in total. The van der Waals surface area contributed by atoms with Crippen molar-refractivity contribution in [1.29, 1.82) is 0 Å². The van der Waals surface area contributed by atoms with Gasteiger partial charge in [0.15, 0.2) is 5.78 Å². The van der Waals surface area contributed by atoms with Crippen molar-refractivity contribution in [2.24, 2.45) is 0 Å². The van der Waals surface area contributed by atoms with Gasteiger partial charge in [-0.2, -0.15) is 0 Å². The average molecular weight is 352 g/mol. The van der Waals surface area contributed by atoms with Gasteiger partial charge in [-0.05, 0) is 37.8 Å². The van der Waals surface area contributed by atoms with Gasteiger partial charge >= 0.3 is 0 Å². The van der Waals surface area contributed by atoms with E-state index in [1.807, 2.05) is 0 Å². The maximum absolute atomic E-state index is 12.7. The smallest absolute Gasteiger partial charge is 0.255 e. The van der Waals surface area contributed by atoms with Crippen LogP contribution in [0.3, 0.4) is 0 Å². The summed E-state index contributed by atoms with van der Waals surface area (Å²) >= 11 is 0. The number of carbonyl (C=O) groups is 2. The Bertz CT molecular complexity index is 853. The van der Waals surface area contributed by atoms with Crippen molar-refractivity contribution in [2.45, 2.75) is 39.0 Å². The maximum Gasteiger partial charge on any atom is 0.255 e. The van der Waals surface area contributed by atoms with Crippen LogP contribution < -0.4 is 10.2 Å². The van der Waals surface area contributed by atoms with Crippen LogP contribution in [0.15, 0.2) is 28.7 Å². The highest BCUT2D eigenvalue weighted by Gasteiger charge is 2.30. The number of carbonyl (C=O) groups excluding carboxylic acids is 2. The first-order valence-corrected chi connectivity index (χ1v) is 9.41. The van der Waals surface area contributed by atoms with E-state index in [0.29, 0.717) is 35.6 Å². The lowest BCUT2D eigenvalue weighted by atomic mass is 9.93. The molecule has 0 saturated carbocycles. The van der Waals surface area contributed by atoms with Crippen molar-refractivity contribution in [3.05, 3.63) is 52.5 Å². The fourth-order valence-corrected chi connectivity index (χ4v) is 4.12. The van der Waals surface area contributed by atoms with Crippen molar-refractivity contribution in [2.75, 3.05) is 24.5 Å². The summed E-state index contributed by atoms with van der Waals surface area (Å²) in [4.78, 5) is 27.2. The minimum Gasteiger partial charge on any atom is -0.465 e. The molecule has 2 aliphatic rings. The minimum absolute atomic E-state index is 0.0261. The van der Waals surface area contributed by atoms with Gasteiger partial charge in [0.05, 0.1) is 11.1 Å². The van der Waals surface area contributed by atoms with Crippen molar-refractivity contribution < 1.29 is 14.0 Å². The van der Waals surface area contributed by atoms with Crippen molar-refractivity contribution in [3.8, 4) is 0 Å². The number of aryl methyl sites for hydroxylation is 3. The van der Waals surface area contributed by atoms with E-state index in [0.717, 1.165) is 38.8 Å². The first kappa shape index (κ1) is 16.9. The number of ketones is 1. The molecule has 26 heavy (non-hydrogen) atoms. The molecular weight excluding hydrogens is 328 g/mol. The lowest BCUT2D eigenvalue weighted by molar-refractivity contribution is 0.0928. The first-order valence-electron chi connectivity index (χ1n) is 9.41. The summed E-state index contributed by atoms with van der Waals surface area (Å²) in [6.07, 6.45) is 4.28. The minimum atomic E-state index is -0.201. The average Bonchev–Trinajstić information content (AvgIpc) is 2.99. The third kappa shape index (κ3) is 3.02. The van der Waals surface area contributed by atoms with Crippen LogP contribution in [0.1, 0.15) is 57.1 Å². The zero-order chi connectivity index (χ0) is 18.1. The van der Waals surface area contributed by atoms with E-state index in [-0.39, 0.29) is 11.7 Å². The molecule has 0 unspecified atom stereocenters. The number of Topliss-reactive ketones (excluding diaryl/α,β-unsaturated/α-hetero) is 1. The molecule has 5 heteroatoms. The molecule has 1 aromatic heterocycles. The van der Waals surface area contributed by atoms with Crippen LogP contribution in [0.25, 0.3) is 0 Å². The zero-order valence-electron chi connectivity index (χ0n) is 15.1. The van der Waals surface area contributed by atoms with Gasteiger partial charge in [-0.3, -0.25) is 9.59 Å². The van der Waals surface area contributed by atoms with E-state index in [1.165, 1.54) is 11.3 Å². The molecular formula is C21H24N2O3. The van der Waals surface area contributed by atoms with Crippen LogP contribution in [0, 0.1) is 6.92 Å². The number of para-hydroxylation sites is 1. The van der Waals surface area contributed by atoms with E-state index in [1.54, 1.807) is 6.92 Å². The molecule has 1 amide bonds. The summed E-state index contributed by atoms with van der Waals surface area (Å²) in [5, 5.41) is 2.98. The van der Waals surface area contributed by atoms with Gasteiger partial charge in [0.25, 0.3) is 5.91 Å². The van der Waals surface area contributed by atoms with E-state index < -0.39 is 0 Å². The number of rotatable bonds is 4. The molecule has 5 nitrogen and oxygen atoms in total. The topological polar surface area (TPSA) is 62.6 Å². The molecule has 0 fully saturated rings. The number of nitrogens with zero attached hydrogens (tertiary/aromatic N) is 1. The highest BCUT2D eigenvalue weighted by molar-refractivity contribution is 6.10. The second-order valence-corrected chi connectivity index (χ2v) is 7.08. The molecule has 1 aliphatic carbocycles. The number of fused-ring (bicyclic) bond motifs is 2. The lowest BCUT2D eigenvalue weighted by Crippen LogP contribution is -2.38. The van der Waals surface area contributed by atoms with Crippen LogP contribution in [-0.2, 0) is 12.8 Å². The van der Waals surface area contributed by atoms with Crippen LogP contribution in [0.4, 0.5) is 5.69 Å². The summed E-state index contributed by atoms with van der Waals surface area (Å²) in [7, 11) is 0. The molecule has 0 saturated heterocycles. The Labute approximate surface area is 153 Å². The summed E-state index contributed by atoms with van der Waals surface area (Å²) in [5.41, 5.74) is 3.58. The molecule has 0 spiro atoms. The summed E-state index contributed by atoms with van der Waals surface area (Å²) in [6, 6.07) is 8.45. The fourth-order valence-electron chi connectivity index (χ4n) is 4.12. The number of hydrogen-bond acceptors (Lipinski definition) is 4. The molecule has 0 atom stereocenters. The number of hydrogen-bond donors (Lipinski definition) is 1. The van der Waals surface area contributed by atoms with Crippen LogP contribution in [0.2, 0.25) is 0 Å². The molecule has 4 rings (SSSR count). The van der Waals surface area contributed by atoms with Crippen molar-refractivity contribution in [1.82, 2.24) is 5.32 Å². The summed E-state index contributed by atoms with van der Waals surface area (Å²) in [6.45, 7) is 4.07. The Kier molecular flexibility index (Phi) is 4.53. The summed E-state index contributed by atoms with van der Waals surface area (Å²) in [5.74, 6) is 1.05. The second kappa shape index (κ2) is 6.98. The number of anilines is 1. The van der Waals surface area contributed by atoms with Crippen LogP contribution in [-0.4, -0.2) is 31.3 Å². The summed E-state index contributed by atoms with van der Waals surface area (Å²) < 4.78 is 5.68. The van der Waals surface area contributed by atoms with E-state index in [9.17, 15) is 9.59 Å². The largest absolute Gasteiger partial charge is 0.465 e. The van der Waals surface area contributed by atoms with Gasteiger partial charge in [-0.15, -0.1) is 0 Å². The Morgan fingerprint density at radius 3 is 2.92 bits per heavy atom. The molecule has 1 aromatic carbocycles. The van der Waals surface area contributed by atoms with E-state index in [4.69, 9.17) is 4.42 Å². The molecule has 0 radical (unpaired) electrons. The quantitative estimate of drug-likeness (QED) is 0.917. The van der Waals surface area contributed by atoms with Crippen molar-refractivity contribution >= 4 is 17.4 Å². The van der Waals surface area contributed by atoms with Gasteiger partial charge in [0.1, 0.15) is 11.5 Å². The SMILES string of the molecule is Cc1oc2c(c1C(=O)NCCN1CCCc3ccccc31)C(=O)CCC2. The fraction of sp³-hybridized carbons (Fsp3) is 0.429. The van der Waals surface area contributed by atoms with Gasteiger partial charge in [0.2, 0.25) is 0 Å². The van der Waals surface area contributed by atoms with Gasteiger partial charge in [-0.25, -0.2) is 0 Å². The predicted molar refractivity (Wildman–Crippen MR) is 100 cm³/mol. The Balaban J connectivity index is 1.43. The molecule has 2 aromatic rings. The second-order valence-electron chi connectivity index (χ2n) is 7.08. The third-order valence-corrected chi connectivity index (χ3v) is 5.34. The normalized spacial score (nSPS) is 16.2. The highest BCUT2D eigenvalue weighted by Crippen LogP contribution is 2.29. The Morgan fingerprint density at radius 1 is 1.19 bits per heavy atom. The number of furan rings is 1. The van der Waals surface area contributed by atoms with Gasteiger partial charge in [-0.1, -0.05) is 18.2 Å². The van der Waals surface area contributed by atoms with E-state index in [2.05, 4.69) is 34.5 Å². The molecule has 1 aliphatic heterocycles. The molecule has 0 bridgehead atoms. The molecule has 136 valence electrons. The highest BCUT2D eigenvalue weighted by atomic mass is 16.3. The van der Waals surface area contributed by atoms with Crippen molar-refractivity contribution in [3.63, 3.8) is 0 Å². The predicted octanol–water partition coefficient (Wildman–Crippen LogP) is 3.29. The van der Waals surface area contributed by atoms with E-state index >= 15 is 0 Å². The third-order valence-electron chi connectivity index (χ3n) is 5.34. The van der Waals surface area contributed by atoms with Gasteiger partial charge < -0.3 is 14.6 Å². The van der Waals surface area contributed by atoms with Crippen LogP contribution in [0.5, 0.6) is 0 Å². The van der Waals surface area contributed by atoms with Crippen LogP contribution >= 0.6 is 0 Å². The molecule has 2 heterocycles. The Hall–Kier alpha value is -2.56. The first-order chi connectivity index (χ1) is 12.6. The van der Waals surface area contributed by atoms with Gasteiger partial charge in [0, 0.05) is 38.2 Å². The maximum atomic E-state index is 12.7. The monoisotopic (exact) mass is 352 g/mol. The lowest BCUT2D eigenvalue weighted by Gasteiger charge is -2.31. The zero-order valence-corrected chi connectivity index (χ0v) is 15.1.